The third-order valence-electron chi connectivity index (χ3n) is 3.67. The molecule has 1 heterocycles. The second kappa shape index (κ2) is 6.72. The molecule has 1 fully saturated rings. The number of carboxylic acid groups (broad SMARTS) is 1. The molecule has 0 aromatic heterocycles. The maximum Gasteiger partial charge on any atom is 0.324 e. The number of hydrogen-bond donors (Lipinski definition) is 2. The SMILES string of the molecule is CCC1CCN(C(=O)NC(=O)CC(C)(C)CC(=O)O)C1. The first kappa shape index (κ1) is 16.5. The van der Waals surface area contributed by atoms with Gasteiger partial charge in [0.1, 0.15) is 0 Å². The van der Waals surface area contributed by atoms with Crippen molar-refractivity contribution in [3.8, 4) is 0 Å². The molecule has 114 valence electrons. The van der Waals surface area contributed by atoms with Gasteiger partial charge in [-0.3, -0.25) is 14.9 Å². The second-order valence-electron chi connectivity index (χ2n) is 6.27. The molecular formula is C14H24N2O4. The Bertz CT molecular complexity index is 393. The molecule has 0 radical (unpaired) electrons. The molecule has 3 amide bonds. The molecule has 1 aliphatic rings. The first-order valence-corrected chi connectivity index (χ1v) is 7.04. The molecule has 1 saturated heterocycles. The minimum atomic E-state index is -0.945. The molecule has 6 nitrogen and oxygen atoms in total. The largest absolute Gasteiger partial charge is 0.481 e. The monoisotopic (exact) mass is 284 g/mol. The Morgan fingerprint density at radius 1 is 1.30 bits per heavy atom. The molecule has 0 aromatic rings. The molecule has 1 aliphatic heterocycles. The standard InChI is InChI=1S/C14H24N2O4/c1-4-10-5-6-16(9-10)13(20)15-11(17)7-14(2,3)8-12(18)19/h10H,4-9H2,1-3H3,(H,18,19)(H,15,17,20). The van der Waals surface area contributed by atoms with E-state index in [0.29, 0.717) is 19.0 Å². The van der Waals surface area contributed by atoms with Crippen LogP contribution in [0.4, 0.5) is 4.79 Å². The van der Waals surface area contributed by atoms with E-state index in [2.05, 4.69) is 12.2 Å². The number of likely N-dealkylation sites (tertiary alicyclic amines) is 1. The molecule has 0 bridgehead atoms. The highest BCUT2D eigenvalue weighted by molar-refractivity contribution is 5.94. The van der Waals surface area contributed by atoms with Gasteiger partial charge in [-0.2, -0.15) is 0 Å². The fraction of sp³-hybridized carbons (Fsp3) is 0.786. The van der Waals surface area contributed by atoms with Crippen molar-refractivity contribution in [2.75, 3.05) is 13.1 Å². The predicted molar refractivity (Wildman–Crippen MR) is 74.2 cm³/mol. The maximum absolute atomic E-state index is 11.9. The van der Waals surface area contributed by atoms with E-state index < -0.39 is 17.3 Å². The van der Waals surface area contributed by atoms with E-state index in [0.717, 1.165) is 12.8 Å². The Labute approximate surface area is 119 Å². The number of imide groups is 1. The first-order valence-electron chi connectivity index (χ1n) is 7.04. The van der Waals surface area contributed by atoms with Crippen molar-refractivity contribution >= 4 is 17.9 Å². The summed E-state index contributed by atoms with van der Waals surface area (Å²) in [5.41, 5.74) is -0.660. The highest BCUT2D eigenvalue weighted by Gasteiger charge is 2.29. The lowest BCUT2D eigenvalue weighted by Crippen LogP contribution is -2.43. The number of nitrogens with zero attached hydrogens (tertiary/aromatic N) is 1. The van der Waals surface area contributed by atoms with Crippen molar-refractivity contribution in [2.24, 2.45) is 11.3 Å². The van der Waals surface area contributed by atoms with Crippen LogP contribution in [0.5, 0.6) is 0 Å². The van der Waals surface area contributed by atoms with Gasteiger partial charge in [0.15, 0.2) is 0 Å². The Balaban J connectivity index is 2.42. The quantitative estimate of drug-likeness (QED) is 0.806. The van der Waals surface area contributed by atoms with Crippen LogP contribution >= 0.6 is 0 Å². The van der Waals surface area contributed by atoms with Crippen LogP contribution in [0.2, 0.25) is 0 Å². The van der Waals surface area contributed by atoms with Crippen molar-refractivity contribution < 1.29 is 19.5 Å². The van der Waals surface area contributed by atoms with E-state index in [4.69, 9.17) is 5.11 Å². The van der Waals surface area contributed by atoms with Crippen LogP contribution in [0.3, 0.4) is 0 Å². The average Bonchev–Trinajstić information content (AvgIpc) is 2.74. The number of carbonyl (C=O) groups excluding carboxylic acids is 2. The van der Waals surface area contributed by atoms with Crippen LogP contribution in [0.15, 0.2) is 0 Å². The lowest BCUT2D eigenvalue weighted by Gasteiger charge is -2.22. The number of hydrogen-bond acceptors (Lipinski definition) is 3. The maximum atomic E-state index is 11.9. The molecule has 0 saturated carbocycles. The Kier molecular flexibility index (Phi) is 5.53. The van der Waals surface area contributed by atoms with Gasteiger partial charge in [0, 0.05) is 19.5 Å². The van der Waals surface area contributed by atoms with Crippen molar-refractivity contribution in [1.82, 2.24) is 10.2 Å². The fourth-order valence-electron chi connectivity index (χ4n) is 2.50. The summed E-state index contributed by atoms with van der Waals surface area (Å²) < 4.78 is 0. The van der Waals surface area contributed by atoms with Crippen molar-refractivity contribution in [3.63, 3.8) is 0 Å². The first-order chi connectivity index (χ1) is 9.23. The van der Waals surface area contributed by atoms with Gasteiger partial charge in [0.25, 0.3) is 0 Å². The number of urea groups is 1. The van der Waals surface area contributed by atoms with E-state index >= 15 is 0 Å². The van der Waals surface area contributed by atoms with Crippen LogP contribution < -0.4 is 5.32 Å². The predicted octanol–water partition coefficient (Wildman–Crippen LogP) is 1.85. The Morgan fingerprint density at radius 3 is 2.45 bits per heavy atom. The van der Waals surface area contributed by atoms with E-state index in [1.807, 2.05) is 0 Å². The number of aliphatic carboxylic acids is 1. The summed E-state index contributed by atoms with van der Waals surface area (Å²) in [4.78, 5) is 36.0. The Morgan fingerprint density at radius 2 is 1.95 bits per heavy atom. The number of carboxylic acids is 1. The van der Waals surface area contributed by atoms with Crippen LogP contribution in [-0.2, 0) is 9.59 Å². The number of amides is 3. The van der Waals surface area contributed by atoms with Crippen molar-refractivity contribution in [3.05, 3.63) is 0 Å². The van der Waals surface area contributed by atoms with E-state index in [9.17, 15) is 14.4 Å². The second-order valence-corrected chi connectivity index (χ2v) is 6.27. The zero-order valence-electron chi connectivity index (χ0n) is 12.4. The lowest BCUT2D eigenvalue weighted by molar-refractivity contribution is -0.139. The van der Waals surface area contributed by atoms with Gasteiger partial charge in [-0.15, -0.1) is 0 Å². The van der Waals surface area contributed by atoms with Crippen LogP contribution in [-0.4, -0.2) is 41.0 Å². The van der Waals surface area contributed by atoms with Gasteiger partial charge >= 0.3 is 12.0 Å². The molecule has 1 rings (SSSR count). The summed E-state index contributed by atoms with van der Waals surface area (Å²) in [5, 5.41) is 11.1. The molecular weight excluding hydrogens is 260 g/mol. The molecule has 0 spiro atoms. The topological polar surface area (TPSA) is 86.7 Å². The molecule has 1 unspecified atom stereocenters. The molecule has 2 N–H and O–H groups in total. The smallest absolute Gasteiger partial charge is 0.324 e. The van der Waals surface area contributed by atoms with Gasteiger partial charge in [0.05, 0.1) is 6.42 Å². The minimum Gasteiger partial charge on any atom is -0.481 e. The van der Waals surface area contributed by atoms with Gasteiger partial charge < -0.3 is 10.0 Å². The summed E-state index contributed by atoms with van der Waals surface area (Å²) in [7, 11) is 0. The summed E-state index contributed by atoms with van der Waals surface area (Å²) in [6.07, 6.45) is 1.93. The molecule has 20 heavy (non-hydrogen) atoms. The van der Waals surface area contributed by atoms with Crippen molar-refractivity contribution in [2.45, 2.75) is 46.5 Å². The highest BCUT2D eigenvalue weighted by atomic mass is 16.4. The fourth-order valence-corrected chi connectivity index (χ4v) is 2.50. The number of rotatable bonds is 5. The summed E-state index contributed by atoms with van der Waals surface area (Å²) in [6, 6.07) is -0.364. The normalized spacial score (nSPS) is 18.9. The molecule has 1 atom stereocenters. The highest BCUT2D eigenvalue weighted by Crippen LogP contribution is 2.25. The van der Waals surface area contributed by atoms with Gasteiger partial charge in [-0.1, -0.05) is 27.2 Å². The van der Waals surface area contributed by atoms with Crippen LogP contribution in [0.1, 0.15) is 46.5 Å². The minimum absolute atomic E-state index is 0.0239. The molecule has 6 heteroatoms. The van der Waals surface area contributed by atoms with Crippen LogP contribution in [0.25, 0.3) is 0 Å². The van der Waals surface area contributed by atoms with E-state index in [1.54, 1.807) is 18.7 Å². The zero-order valence-corrected chi connectivity index (χ0v) is 12.4. The zero-order chi connectivity index (χ0) is 15.3. The lowest BCUT2D eigenvalue weighted by atomic mass is 9.85. The molecule has 0 aromatic carbocycles. The summed E-state index contributed by atoms with van der Waals surface area (Å²) in [5.74, 6) is -0.847. The van der Waals surface area contributed by atoms with E-state index in [-0.39, 0.29) is 18.9 Å². The van der Waals surface area contributed by atoms with Gasteiger partial charge in [-0.05, 0) is 17.8 Å². The number of carbonyl (C=O) groups is 3. The average molecular weight is 284 g/mol. The summed E-state index contributed by atoms with van der Waals surface area (Å²) in [6.45, 7) is 6.86. The van der Waals surface area contributed by atoms with Gasteiger partial charge in [-0.25, -0.2) is 4.79 Å². The molecule has 0 aliphatic carbocycles. The number of nitrogens with one attached hydrogen (secondary N) is 1. The van der Waals surface area contributed by atoms with Crippen molar-refractivity contribution in [1.29, 1.82) is 0 Å². The van der Waals surface area contributed by atoms with Crippen LogP contribution in [0, 0.1) is 11.3 Å². The third kappa shape index (κ3) is 5.19. The van der Waals surface area contributed by atoms with E-state index in [1.165, 1.54) is 0 Å². The Hall–Kier alpha value is -1.59. The third-order valence-corrected chi connectivity index (χ3v) is 3.67. The summed E-state index contributed by atoms with van der Waals surface area (Å²) >= 11 is 0. The van der Waals surface area contributed by atoms with Gasteiger partial charge in [0.2, 0.25) is 5.91 Å².